The SMILES string of the molecule is O=C(CSc1nnnn1-c1ccc(Cl)cc1)Nc1ccc2c(c1)OC(F)(F)O2. The van der Waals surface area contributed by atoms with Gasteiger partial charge in [0.15, 0.2) is 11.5 Å². The highest BCUT2D eigenvalue weighted by Crippen LogP contribution is 2.42. The van der Waals surface area contributed by atoms with Crippen LogP contribution in [-0.2, 0) is 4.79 Å². The molecular weight excluding hydrogens is 416 g/mol. The van der Waals surface area contributed by atoms with Crippen molar-refractivity contribution in [2.24, 2.45) is 0 Å². The fourth-order valence-corrected chi connectivity index (χ4v) is 3.18. The number of nitrogens with zero attached hydrogens (tertiary/aromatic N) is 4. The van der Waals surface area contributed by atoms with Gasteiger partial charge in [0.1, 0.15) is 0 Å². The summed E-state index contributed by atoms with van der Waals surface area (Å²) < 4.78 is 36.2. The van der Waals surface area contributed by atoms with Crippen molar-refractivity contribution >= 4 is 35.0 Å². The molecule has 1 aliphatic heterocycles. The first-order valence-corrected chi connectivity index (χ1v) is 9.13. The maximum atomic E-state index is 13.0. The summed E-state index contributed by atoms with van der Waals surface area (Å²) in [7, 11) is 0. The van der Waals surface area contributed by atoms with Crippen LogP contribution in [0.25, 0.3) is 5.69 Å². The molecule has 144 valence electrons. The molecule has 28 heavy (non-hydrogen) atoms. The summed E-state index contributed by atoms with van der Waals surface area (Å²) in [5.74, 6) is -0.624. The molecule has 1 amide bonds. The average molecular weight is 426 g/mol. The molecule has 3 aromatic rings. The lowest BCUT2D eigenvalue weighted by molar-refractivity contribution is -0.286. The lowest BCUT2D eigenvalue weighted by Gasteiger charge is -2.06. The topological polar surface area (TPSA) is 91.2 Å². The molecule has 0 saturated heterocycles. The van der Waals surface area contributed by atoms with E-state index >= 15 is 0 Å². The van der Waals surface area contributed by atoms with Gasteiger partial charge in [0.25, 0.3) is 0 Å². The number of tetrazole rings is 1. The van der Waals surface area contributed by atoms with Crippen LogP contribution in [0, 0.1) is 0 Å². The zero-order valence-corrected chi connectivity index (χ0v) is 15.4. The van der Waals surface area contributed by atoms with Crippen LogP contribution in [0.1, 0.15) is 0 Å². The molecule has 8 nitrogen and oxygen atoms in total. The molecule has 1 aromatic heterocycles. The van der Waals surface area contributed by atoms with Gasteiger partial charge in [-0.05, 0) is 46.8 Å². The first-order chi connectivity index (χ1) is 13.4. The Hall–Kier alpha value is -2.92. The van der Waals surface area contributed by atoms with Gasteiger partial charge < -0.3 is 14.8 Å². The molecule has 0 radical (unpaired) electrons. The predicted octanol–water partition coefficient (Wildman–Crippen LogP) is 3.37. The van der Waals surface area contributed by atoms with Gasteiger partial charge in [-0.1, -0.05) is 23.4 Å². The number of amides is 1. The van der Waals surface area contributed by atoms with Crippen molar-refractivity contribution in [3.63, 3.8) is 0 Å². The number of hydrogen-bond donors (Lipinski definition) is 1. The quantitative estimate of drug-likeness (QED) is 0.626. The third-order valence-corrected chi connectivity index (χ3v) is 4.70. The first-order valence-electron chi connectivity index (χ1n) is 7.76. The number of nitrogens with one attached hydrogen (secondary N) is 1. The Balaban J connectivity index is 1.39. The lowest BCUT2D eigenvalue weighted by atomic mass is 10.3. The summed E-state index contributed by atoms with van der Waals surface area (Å²) in [6.45, 7) is 0. The van der Waals surface area contributed by atoms with Crippen molar-refractivity contribution in [2.45, 2.75) is 11.5 Å². The van der Waals surface area contributed by atoms with Crippen LogP contribution in [-0.4, -0.2) is 38.2 Å². The Morgan fingerprint density at radius 3 is 2.71 bits per heavy atom. The number of rotatable bonds is 5. The van der Waals surface area contributed by atoms with E-state index in [2.05, 4.69) is 30.3 Å². The summed E-state index contributed by atoms with van der Waals surface area (Å²) in [4.78, 5) is 12.2. The molecule has 0 saturated carbocycles. The Labute approximate surface area is 165 Å². The van der Waals surface area contributed by atoms with E-state index in [0.717, 1.165) is 11.8 Å². The van der Waals surface area contributed by atoms with Gasteiger partial charge in [0.05, 0.1) is 11.4 Å². The van der Waals surface area contributed by atoms with E-state index in [9.17, 15) is 13.6 Å². The van der Waals surface area contributed by atoms with E-state index in [1.807, 2.05) is 0 Å². The number of aromatic nitrogens is 4. The standard InChI is InChI=1S/C16H10ClF2N5O3S/c17-9-1-4-11(5-2-9)24-15(21-22-23-24)28-8-14(25)20-10-3-6-12-13(7-10)27-16(18,19)26-12/h1-7H,8H2,(H,20,25). The van der Waals surface area contributed by atoms with E-state index in [1.165, 1.54) is 22.9 Å². The van der Waals surface area contributed by atoms with E-state index in [0.29, 0.717) is 21.6 Å². The molecule has 0 fully saturated rings. The molecule has 0 unspecified atom stereocenters. The van der Waals surface area contributed by atoms with Crippen LogP contribution in [0.15, 0.2) is 47.6 Å². The predicted molar refractivity (Wildman–Crippen MR) is 96.2 cm³/mol. The van der Waals surface area contributed by atoms with Gasteiger partial charge in [-0.15, -0.1) is 13.9 Å². The van der Waals surface area contributed by atoms with Gasteiger partial charge in [-0.25, -0.2) is 0 Å². The molecule has 0 bridgehead atoms. The average Bonchev–Trinajstić information content (AvgIpc) is 3.22. The van der Waals surface area contributed by atoms with Gasteiger partial charge in [0, 0.05) is 16.8 Å². The maximum absolute atomic E-state index is 13.0. The summed E-state index contributed by atoms with van der Waals surface area (Å²) in [5.41, 5.74) is 0.983. The fourth-order valence-electron chi connectivity index (χ4n) is 2.37. The number of halogens is 3. The molecule has 0 spiro atoms. The van der Waals surface area contributed by atoms with Crippen LogP contribution in [0.5, 0.6) is 11.5 Å². The minimum atomic E-state index is -3.71. The Morgan fingerprint density at radius 1 is 1.18 bits per heavy atom. The molecule has 1 aliphatic rings. The molecule has 2 heterocycles. The smallest absolute Gasteiger partial charge is 0.395 e. The number of fused-ring (bicyclic) bond motifs is 1. The van der Waals surface area contributed by atoms with Crippen LogP contribution >= 0.6 is 23.4 Å². The second-order valence-electron chi connectivity index (χ2n) is 5.52. The van der Waals surface area contributed by atoms with E-state index in [4.69, 9.17) is 11.6 Å². The van der Waals surface area contributed by atoms with Crippen molar-refractivity contribution in [2.75, 3.05) is 11.1 Å². The Bertz CT molecular complexity index is 1030. The molecule has 1 N–H and O–H groups in total. The van der Waals surface area contributed by atoms with Gasteiger partial charge >= 0.3 is 6.29 Å². The first kappa shape index (κ1) is 18.4. The molecule has 0 aliphatic carbocycles. The monoisotopic (exact) mass is 425 g/mol. The van der Waals surface area contributed by atoms with Crippen molar-refractivity contribution in [3.05, 3.63) is 47.5 Å². The van der Waals surface area contributed by atoms with Gasteiger partial charge in [0.2, 0.25) is 11.1 Å². The number of carbonyl (C=O) groups is 1. The van der Waals surface area contributed by atoms with E-state index in [-0.39, 0.29) is 23.2 Å². The van der Waals surface area contributed by atoms with Crippen LogP contribution < -0.4 is 14.8 Å². The molecule has 4 rings (SSSR count). The summed E-state index contributed by atoms with van der Waals surface area (Å²) in [6.07, 6.45) is -3.71. The number of benzene rings is 2. The summed E-state index contributed by atoms with van der Waals surface area (Å²) >= 11 is 6.98. The van der Waals surface area contributed by atoms with Crippen molar-refractivity contribution in [1.29, 1.82) is 0 Å². The lowest BCUT2D eigenvalue weighted by Crippen LogP contribution is -2.25. The highest BCUT2D eigenvalue weighted by atomic mass is 35.5. The van der Waals surface area contributed by atoms with Crippen molar-refractivity contribution < 1.29 is 23.0 Å². The normalized spacial score (nSPS) is 14.1. The fraction of sp³-hybridized carbons (Fsp3) is 0.125. The zero-order valence-electron chi connectivity index (χ0n) is 13.8. The second kappa shape index (κ2) is 7.24. The van der Waals surface area contributed by atoms with Crippen molar-refractivity contribution in [1.82, 2.24) is 20.2 Å². The third-order valence-electron chi connectivity index (χ3n) is 3.53. The van der Waals surface area contributed by atoms with Gasteiger partial charge in [-0.2, -0.15) is 4.68 Å². The van der Waals surface area contributed by atoms with Crippen molar-refractivity contribution in [3.8, 4) is 17.2 Å². The van der Waals surface area contributed by atoms with Crippen LogP contribution in [0.2, 0.25) is 5.02 Å². The highest BCUT2D eigenvalue weighted by Gasteiger charge is 2.43. The van der Waals surface area contributed by atoms with Gasteiger partial charge in [-0.3, -0.25) is 4.79 Å². The highest BCUT2D eigenvalue weighted by molar-refractivity contribution is 7.99. The Morgan fingerprint density at radius 2 is 1.93 bits per heavy atom. The van der Waals surface area contributed by atoms with Crippen LogP contribution in [0.4, 0.5) is 14.5 Å². The summed E-state index contributed by atoms with van der Waals surface area (Å²) in [6, 6.07) is 10.9. The van der Waals surface area contributed by atoms with E-state index < -0.39 is 6.29 Å². The van der Waals surface area contributed by atoms with Crippen LogP contribution in [0.3, 0.4) is 0 Å². The zero-order chi connectivity index (χ0) is 19.7. The number of hydrogen-bond acceptors (Lipinski definition) is 7. The molecule has 12 heteroatoms. The number of ether oxygens (including phenoxy) is 2. The molecule has 0 atom stereocenters. The second-order valence-corrected chi connectivity index (χ2v) is 6.89. The maximum Gasteiger partial charge on any atom is 0.586 e. The summed E-state index contributed by atoms with van der Waals surface area (Å²) in [5, 5.41) is 15.0. The molecular formula is C16H10ClF2N5O3S. The molecule has 2 aromatic carbocycles. The number of anilines is 1. The number of alkyl halides is 2. The minimum absolute atomic E-state index is 0.00142. The number of carbonyl (C=O) groups excluding carboxylic acids is 1. The third kappa shape index (κ3) is 3.99. The Kier molecular flexibility index (Phi) is 4.77. The largest absolute Gasteiger partial charge is 0.586 e. The van der Waals surface area contributed by atoms with E-state index in [1.54, 1.807) is 24.3 Å². The minimum Gasteiger partial charge on any atom is -0.395 e. The number of thioether (sulfide) groups is 1.